The largest absolute Gasteiger partial charge is 0.273 e. The highest BCUT2D eigenvalue weighted by Crippen LogP contribution is 2.48. The van der Waals surface area contributed by atoms with Crippen molar-refractivity contribution in [2.45, 2.75) is 12.1 Å². The minimum absolute atomic E-state index is 0.282. The first-order valence-corrected chi connectivity index (χ1v) is 10.6. The summed E-state index contributed by atoms with van der Waals surface area (Å²) in [6, 6.07) is 23.5. The quantitative estimate of drug-likeness (QED) is 0.483. The molecule has 30 heavy (non-hydrogen) atoms. The Balaban J connectivity index is 1.60. The Labute approximate surface area is 186 Å². The summed E-state index contributed by atoms with van der Waals surface area (Å²) >= 11 is 9.52. The van der Waals surface area contributed by atoms with E-state index in [2.05, 4.69) is 15.9 Å². The lowest BCUT2D eigenvalue weighted by Gasteiger charge is -2.29. The first kappa shape index (κ1) is 19.3. The van der Waals surface area contributed by atoms with Gasteiger partial charge in [0, 0.05) is 9.50 Å². The van der Waals surface area contributed by atoms with Crippen LogP contribution in [0.4, 0.5) is 11.4 Å². The minimum Gasteiger partial charge on any atom is -0.273 e. The zero-order valence-corrected chi connectivity index (χ0v) is 18.0. The van der Waals surface area contributed by atoms with E-state index < -0.39 is 18.1 Å². The average molecular weight is 484 g/mol. The van der Waals surface area contributed by atoms with E-state index in [1.165, 1.54) is 4.90 Å². The van der Waals surface area contributed by atoms with Crippen molar-refractivity contribution in [1.29, 1.82) is 0 Å². The SMILES string of the molecule is O=C1[C@H]2[C@@H](c3ccc(Cl)cc3)N(c3ccccc3)O[C@H]2C(=O)N1c1ccccc1Br. The number of hydrogen-bond acceptors (Lipinski definition) is 4. The maximum absolute atomic E-state index is 13.5. The Kier molecular flexibility index (Phi) is 4.85. The number of amides is 2. The second kappa shape index (κ2) is 7.54. The van der Waals surface area contributed by atoms with E-state index in [1.807, 2.05) is 48.5 Å². The Bertz CT molecular complexity index is 1120. The van der Waals surface area contributed by atoms with Gasteiger partial charge < -0.3 is 0 Å². The van der Waals surface area contributed by atoms with E-state index in [9.17, 15) is 9.59 Å². The number of rotatable bonds is 3. The number of hydroxylamine groups is 1. The minimum atomic E-state index is -0.898. The number of imide groups is 1. The molecule has 2 fully saturated rings. The van der Waals surface area contributed by atoms with Gasteiger partial charge in [-0.25, -0.2) is 9.96 Å². The van der Waals surface area contributed by atoms with Gasteiger partial charge in [-0.1, -0.05) is 54.1 Å². The molecule has 0 saturated carbocycles. The highest BCUT2D eigenvalue weighted by atomic mass is 79.9. The van der Waals surface area contributed by atoms with Gasteiger partial charge in [-0.2, -0.15) is 0 Å². The fraction of sp³-hybridized carbons (Fsp3) is 0.130. The smallest absolute Gasteiger partial charge is 0.266 e. The second-order valence-corrected chi connectivity index (χ2v) is 8.46. The summed E-state index contributed by atoms with van der Waals surface area (Å²) in [6.07, 6.45) is -0.898. The summed E-state index contributed by atoms with van der Waals surface area (Å²) in [5.41, 5.74) is 2.15. The molecule has 2 aliphatic heterocycles. The molecule has 3 atom stereocenters. The van der Waals surface area contributed by atoms with Crippen LogP contribution in [0.5, 0.6) is 0 Å². The molecular formula is C23H16BrClN2O3. The van der Waals surface area contributed by atoms with Crippen LogP contribution >= 0.6 is 27.5 Å². The molecular weight excluding hydrogens is 468 g/mol. The fourth-order valence-corrected chi connectivity index (χ4v) is 4.67. The summed E-state index contributed by atoms with van der Waals surface area (Å²) in [6.45, 7) is 0. The highest BCUT2D eigenvalue weighted by Gasteiger charge is 2.60. The third-order valence-corrected chi connectivity index (χ3v) is 6.35. The molecule has 5 rings (SSSR count). The van der Waals surface area contributed by atoms with Gasteiger partial charge in [0.05, 0.1) is 17.4 Å². The molecule has 0 bridgehead atoms. The predicted molar refractivity (Wildman–Crippen MR) is 118 cm³/mol. The number of carbonyl (C=O) groups excluding carboxylic acids is 2. The van der Waals surface area contributed by atoms with E-state index in [4.69, 9.17) is 16.4 Å². The molecule has 0 aliphatic carbocycles. The molecule has 0 aromatic heterocycles. The van der Waals surface area contributed by atoms with Gasteiger partial charge in [0.15, 0.2) is 6.10 Å². The maximum Gasteiger partial charge on any atom is 0.266 e. The van der Waals surface area contributed by atoms with Gasteiger partial charge in [-0.05, 0) is 57.9 Å². The van der Waals surface area contributed by atoms with Crippen molar-refractivity contribution in [2.75, 3.05) is 9.96 Å². The molecule has 2 saturated heterocycles. The van der Waals surface area contributed by atoms with Crippen LogP contribution in [0.25, 0.3) is 0 Å². The number of fused-ring (bicyclic) bond motifs is 1. The number of anilines is 2. The Morgan fingerprint density at radius 1 is 0.833 bits per heavy atom. The van der Waals surface area contributed by atoms with Crippen LogP contribution in [0.1, 0.15) is 11.6 Å². The molecule has 2 heterocycles. The summed E-state index contributed by atoms with van der Waals surface area (Å²) in [5.74, 6) is -1.32. The lowest BCUT2D eigenvalue weighted by molar-refractivity contribution is -0.126. The van der Waals surface area contributed by atoms with Gasteiger partial charge in [0.1, 0.15) is 5.92 Å². The van der Waals surface area contributed by atoms with Crippen molar-refractivity contribution in [2.24, 2.45) is 5.92 Å². The van der Waals surface area contributed by atoms with E-state index in [-0.39, 0.29) is 11.8 Å². The lowest BCUT2D eigenvalue weighted by Crippen LogP contribution is -2.37. The number of hydrogen-bond donors (Lipinski definition) is 0. The molecule has 0 unspecified atom stereocenters. The highest BCUT2D eigenvalue weighted by molar-refractivity contribution is 9.10. The Morgan fingerprint density at radius 3 is 2.20 bits per heavy atom. The van der Waals surface area contributed by atoms with Crippen LogP contribution in [0, 0.1) is 5.92 Å². The first-order valence-electron chi connectivity index (χ1n) is 9.45. The standard InChI is InChI=1S/C23H16BrClN2O3/c24-17-8-4-5-9-18(17)26-22(28)19-20(14-10-12-15(25)13-11-14)27(30-21(19)23(26)29)16-6-2-1-3-7-16/h1-13,19-21H/t19-,20+,21+/m0/s1. The zero-order chi connectivity index (χ0) is 20.8. The third kappa shape index (κ3) is 3.03. The van der Waals surface area contributed by atoms with Crippen LogP contribution in [0.3, 0.4) is 0 Å². The van der Waals surface area contributed by atoms with E-state index in [0.717, 1.165) is 11.3 Å². The summed E-state index contributed by atoms with van der Waals surface area (Å²) in [4.78, 5) is 34.1. The van der Waals surface area contributed by atoms with Crippen LogP contribution < -0.4 is 9.96 Å². The average Bonchev–Trinajstić information content (AvgIpc) is 3.26. The normalized spacial score (nSPS) is 23.2. The maximum atomic E-state index is 13.5. The monoisotopic (exact) mass is 482 g/mol. The van der Waals surface area contributed by atoms with Crippen LogP contribution in [-0.2, 0) is 14.4 Å². The number of benzene rings is 3. The molecule has 2 amide bonds. The van der Waals surface area contributed by atoms with Crippen molar-refractivity contribution < 1.29 is 14.4 Å². The first-order chi connectivity index (χ1) is 14.6. The molecule has 3 aromatic rings. The summed E-state index contributed by atoms with van der Waals surface area (Å²) in [5, 5.41) is 2.27. The van der Waals surface area contributed by atoms with Crippen LogP contribution in [-0.4, -0.2) is 17.9 Å². The van der Waals surface area contributed by atoms with Crippen LogP contribution in [0.2, 0.25) is 5.02 Å². The molecule has 3 aromatic carbocycles. The molecule has 0 N–H and O–H groups in total. The predicted octanol–water partition coefficient (Wildman–Crippen LogP) is 5.15. The van der Waals surface area contributed by atoms with E-state index in [0.29, 0.717) is 15.2 Å². The van der Waals surface area contributed by atoms with Crippen LogP contribution in [0.15, 0.2) is 83.3 Å². The number of para-hydroxylation sites is 2. The fourth-order valence-electron chi connectivity index (χ4n) is 4.08. The molecule has 7 heteroatoms. The van der Waals surface area contributed by atoms with Gasteiger partial charge in [-0.3, -0.25) is 14.4 Å². The molecule has 150 valence electrons. The van der Waals surface area contributed by atoms with Crippen molar-refractivity contribution in [3.8, 4) is 0 Å². The van der Waals surface area contributed by atoms with Gasteiger partial charge in [0.2, 0.25) is 5.91 Å². The number of nitrogens with zero attached hydrogens (tertiary/aromatic N) is 2. The van der Waals surface area contributed by atoms with Gasteiger partial charge in [0.25, 0.3) is 5.91 Å². The topological polar surface area (TPSA) is 49.9 Å². The lowest BCUT2D eigenvalue weighted by atomic mass is 9.90. The van der Waals surface area contributed by atoms with Gasteiger partial charge in [-0.15, -0.1) is 0 Å². The molecule has 5 nitrogen and oxygen atoms in total. The third-order valence-electron chi connectivity index (χ3n) is 5.43. The van der Waals surface area contributed by atoms with E-state index in [1.54, 1.807) is 35.4 Å². The number of carbonyl (C=O) groups is 2. The zero-order valence-electron chi connectivity index (χ0n) is 15.6. The molecule has 2 aliphatic rings. The molecule has 0 spiro atoms. The van der Waals surface area contributed by atoms with E-state index >= 15 is 0 Å². The molecule has 0 radical (unpaired) electrons. The summed E-state index contributed by atoms with van der Waals surface area (Å²) < 4.78 is 0.676. The van der Waals surface area contributed by atoms with Crippen molar-refractivity contribution >= 4 is 50.7 Å². The van der Waals surface area contributed by atoms with Crippen molar-refractivity contribution in [3.05, 3.63) is 93.9 Å². The van der Waals surface area contributed by atoms with Crippen molar-refractivity contribution in [3.63, 3.8) is 0 Å². The van der Waals surface area contributed by atoms with Crippen molar-refractivity contribution in [1.82, 2.24) is 0 Å². The Morgan fingerprint density at radius 2 is 1.50 bits per heavy atom. The number of halogens is 2. The summed E-state index contributed by atoms with van der Waals surface area (Å²) in [7, 11) is 0. The second-order valence-electron chi connectivity index (χ2n) is 7.17. The Hall–Kier alpha value is -2.67. The van der Waals surface area contributed by atoms with Gasteiger partial charge >= 0.3 is 0 Å².